The van der Waals surface area contributed by atoms with Gasteiger partial charge in [-0.1, -0.05) is 13.8 Å². The van der Waals surface area contributed by atoms with Gasteiger partial charge in [-0.15, -0.1) is 0 Å². The standard InChI is InChI=1S/C20H23N7OS/c1-13(2)20(28)22-15-4-6-16(7-5-15)29-26-11-18-21-8-9-27(18)19(12-26)23-17-10-14(3)24-25-17/h4-10,12-13H,11H2,1-3H3,(H,22,28)(H2,23,24,25). The first kappa shape index (κ1) is 19.1. The van der Waals surface area contributed by atoms with E-state index in [1.165, 1.54) is 0 Å². The minimum Gasteiger partial charge on any atom is -0.326 e. The van der Waals surface area contributed by atoms with Gasteiger partial charge >= 0.3 is 0 Å². The Morgan fingerprint density at radius 2 is 2.07 bits per heavy atom. The largest absolute Gasteiger partial charge is 0.326 e. The number of H-pyrrole nitrogens is 1. The molecule has 0 saturated heterocycles. The van der Waals surface area contributed by atoms with Crippen molar-refractivity contribution >= 4 is 35.2 Å². The fraction of sp³-hybridized carbons (Fsp3) is 0.250. The summed E-state index contributed by atoms with van der Waals surface area (Å²) < 4.78 is 4.14. The van der Waals surface area contributed by atoms with Gasteiger partial charge in [0.05, 0.1) is 12.7 Å². The summed E-state index contributed by atoms with van der Waals surface area (Å²) in [5, 5.41) is 13.4. The molecule has 150 valence electrons. The summed E-state index contributed by atoms with van der Waals surface area (Å²) >= 11 is 1.61. The molecule has 1 aliphatic heterocycles. The molecule has 0 spiro atoms. The third kappa shape index (κ3) is 4.45. The first-order valence-corrected chi connectivity index (χ1v) is 10.1. The number of nitrogens with zero attached hydrogens (tertiary/aromatic N) is 4. The van der Waals surface area contributed by atoms with E-state index in [1.54, 1.807) is 18.1 Å². The molecule has 2 aromatic heterocycles. The molecule has 1 amide bonds. The number of benzene rings is 1. The molecule has 0 saturated carbocycles. The molecular weight excluding hydrogens is 386 g/mol. The Morgan fingerprint density at radius 1 is 1.28 bits per heavy atom. The predicted octanol–water partition coefficient (Wildman–Crippen LogP) is 3.90. The number of hydrogen-bond acceptors (Lipinski definition) is 6. The van der Waals surface area contributed by atoms with E-state index in [4.69, 9.17) is 0 Å². The van der Waals surface area contributed by atoms with Crippen molar-refractivity contribution in [2.24, 2.45) is 5.92 Å². The first-order chi connectivity index (χ1) is 14.0. The molecular formula is C20H23N7OS. The normalized spacial score (nSPS) is 13.2. The predicted molar refractivity (Wildman–Crippen MR) is 115 cm³/mol. The van der Waals surface area contributed by atoms with Gasteiger partial charge in [0.15, 0.2) is 5.82 Å². The van der Waals surface area contributed by atoms with Crippen molar-refractivity contribution in [3.05, 3.63) is 60.4 Å². The van der Waals surface area contributed by atoms with Crippen molar-refractivity contribution in [2.75, 3.05) is 10.6 Å². The lowest BCUT2D eigenvalue weighted by Crippen LogP contribution is -2.23. The van der Waals surface area contributed by atoms with E-state index >= 15 is 0 Å². The zero-order valence-electron chi connectivity index (χ0n) is 16.5. The maximum absolute atomic E-state index is 11.8. The van der Waals surface area contributed by atoms with Crippen molar-refractivity contribution in [3.8, 4) is 0 Å². The number of carbonyl (C=O) groups is 1. The molecule has 3 heterocycles. The number of imidazole rings is 1. The van der Waals surface area contributed by atoms with Gasteiger partial charge in [-0.25, -0.2) is 4.98 Å². The van der Waals surface area contributed by atoms with E-state index < -0.39 is 0 Å². The third-order valence-corrected chi connectivity index (χ3v) is 5.32. The third-order valence-electron chi connectivity index (χ3n) is 4.37. The molecule has 29 heavy (non-hydrogen) atoms. The van der Waals surface area contributed by atoms with Crippen LogP contribution in [-0.4, -0.2) is 30.0 Å². The van der Waals surface area contributed by atoms with E-state index in [-0.39, 0.29) is 11.8 Å². The fourth-order valence-electron chi connectivity index (χ4n) is 2.84. The molecule has 1 aliphatic rings. The zero-order valence-corrected chi connectivity index (χ0v) is 17.3. The maximum atomic E-state index is 11.8. The quantitative estimate of drug-likeness (QED) is 0.535. The lowest BCUT2D eigenvalue weighted by Gasteiger charge is -2.26. The van der Waals surface area contributed by atoms with Crippen LogP contribution in [0.2, 0.25) is 0 Å². The van der Waals surface area contributed by atoms with Gasteiger partial charge in [0.1, 0.15) is 11.6 Å². The lowest BCUT2D eigenvalue weighted by atomic mass is 10.2. The Bertz CT molecular complexity index is 1040. The number of fused-ring (bicyclic) bond motifs is 1. The van der Waals surface area contributed by atoms with E-state index in [9.17, 15) is 4.79 Å². The summed E-state index contributed by atoms with van der Waals surface area (Å²) in [6, 6.07) is 9.79. The molecule has 0 aliphatic carbocycles. The van der Waals surface area contributed by atoms with Crippen LogP contribution in [-0.2, 0) is 11.3 Å². The van der Waals surface area contributed by atoms with Crippen molar-refractivity contribution in [1.82, 2.24) is 24.1 Å². The topological polar surface area (TPSA) is 90.9 Å². The second kappa shape index (κ2) is 8.04. The van der Waals surface area contributed by atoms with Crippen LogP contribution in [0.3, 0.4) is 0 Å². The zero-order chi connectivity index (χ0) is 20.4. The second-order valence-corrected chi connectivity index (χ2v) is 8.25. The summed E-state index contributed by atoms with van der Waals surface area (Å²) in [5.41, 5.74) is 1.79. The van der Waals surface area contributed by atoms with Crippen LogP contribution in [0.1, 0.15) is 25.4 Å². The Labute approximate surface area is 173 Å². The number of aryl methyl sites for hydroxylation is 1. The monoisotopic (exact) mass is 409 g/mol. The number of hydrogen-bond donors (Lipinski definition) is 3. The van der Waals surface area contributed by atoms with Gasteiger partial charge in [0.25, 0.3) is 0 Å². The second-order valence-electron chi connectivity index (χ2n) is 7.12. The van der Waals surface area contributed by atoms with Gasteiger partial charge in [-0.2, -0.15) is 5.10 Å². The van der Waals surface area contributed by atoms with E-state index in [1.807, 2.05) is 68.1 Å². The van der Waals surface area contributed by atoms with E-state index in [0.717, 1.165) is 33.7 Å². The maximum Gasteiger partial charge on any atom is 0.226 e. The van der Waals surface area contributed by atoms with Crippen LogP contribution >= 0.6 is 11.9 Å². The Kier molecular flexibility index (Phi) is 5.30. The van der Waals surface area contributed by atoms with E-state index in [2.05, 4.69) is 30.1 Å². The van der Waals surface area contributed by atoms with Crippen LogP contribution in [0.5, 0.6) is 0 Å². The summed E-state index contributed by atoms with van der Waals surface area (Å²) in [6.07, 6.45) is 5.76. The number of aromatic nitrogens is 4. The first-order valence-electron chi connectivity index (χ1n) is 9.37. The average molecular weight is 410 g/mol. The van der Waals surface area contributed by atoms with Gasteiger partial charge in [0.2, 0.25) is 5.91 Å². The number of rotatable bonds is 6. The molecule has 0 atom stereocenters. The molecule has 1 aromatic carbocycles. The number of amides is 1. The highest BCUT2D eigenvalue weighted by Gasteiger charge is 2.19. The van der Waals surface area contributed by atoms with Crippen LogP contribution in [0.15, 0.2) is 53.8 Å². The molecule has 3 N–H and O–H groups in total. The molecule has 8 nitrogen and oxygen atoms in total. The molecule has 0 unspecified atom stereocenters. The highest BCUT2D eigenvalue weighted by molar-refractivity contribution is 7.97. The summed E-state index contributed by atoms with van der Waals surface area (Å²) in [7, 11) is 0. The van der Waals surface area contributed by atoms with Gasteiger partial charge in [0, 0.05) is 40.7 Å². The van der Waals surface area contributed by atoms with Gasteiger partial charge in [-0.3, -0.25) is 14.5 Å². The SMILES string of the molecule is Cc1cc(NC2=CN(Sc3ccc(NC(=O)C(C)C)cc3)Cc3nccn32)n[nH]1. The van der Waals surface area contributed by atoms with Crippen LogP contribution in [0, 0.1) is 12.8 Å². The van der Waals surface area contributed by atoms with Crippen LogP contribution < -0.4 is 10.6 Å². The molecule has 0 bridgehead atoms. The number of anilines is 2. The van der Waals surface area contributed by atoms with Crippen molar-refractivity contribution in [2.45, 2.75) is 32.2 Å². The van der Waals surface area contributed by atoms with Crippen molar-refractivity contribution < 1.29 is 4.79 Å². The van der Waals surface area contributed by atoms with Gasteiger partial charge < -0.3 is 14.9 Å². The highest BCUT2D eigenvalue weighted by Crippen LogP contribution is 2.30. The Morgan fingerprint density at radius 3 is 2.76 bits per heavy atom. The average Bonchev–Trinajstić information content (AvgIpc) is 3.32. The van der Waals surface area contributed by atoms with Crippen molar-refractivity contribution in [3.63, 3.8) is 0 Å². The van der Waals surface area contributed by atoms with Crippen LogP contribution in [0.4, 0.5) is 11.5 Å². The Balaban J connectivity index is 1.48. The smallest absolute Gasteiger partial charge is 0.226 e. The summed E-state index contributed by atoms with van der Waals surface area (Å²) in [4.78, 5) is 17.4. The fourth-order valence-corrected chi connectivity index (χ4v) is 3.70. The molecule has 0 fully saturated rings. The Hall–Kier alpha value is -3.20. The summed E-state index contributed by atoms with van der Waals surface area (Å²) in [6.45, 7) is 6.39. The van der Waals surface area contributed by atoms with Crippen molar-refractivity contribution in [1.29, 1.82) is 0 Å². The molecule has 3 aromatic rings. The minimum absolute atomic E-state index is 0.0144. The number of carbonyl (C=O) groups excluding carboxylic acids is 1. The lowest BCUT2D eigenvalue weighted by molar-refractivity contribution is -0.118. The minimum atomic E-state index is -0.0458. The number of nitrogens with one attached hydrogen (secondary N) is 3. The van der Waals surface area contributed by atoms with Crippen LogP contribution in [0.25, 0.3) is 5.82 Å². The summed E-state index contributed by atoms with van der Waals surface area (Å²) in [5.74, 6) is 2.54. The van der Waals surface area contributed by atoms with Gasteiger partial charge in [-0.05, 0) is 43.1 Å². The highest BCUT2D eigenvalue weighted by atomic mass is 32.2. The molecule has 0 radical (unpaired) electrons. The molecule has 4 rings (SSSR count). The number of aromatic amines is 1. The van der Waals surface area contributed by atoms with E-state index in [0.29, 0.717) is 6.54 Å². The molecule has 9 heteroatoms.